The molecular formula is C12H18ClN3O. The minimum atomic E-state index is -0.193. The average Bonchev–Trinajstić information content (AvgIpc) is 2.33. The fourth-order valence-electron chi connectivity index (χ4n) is 2.39. The lowest BCUT2D eigenvalue weighted by molar-refractivity contribution is 0.0828. The van der Waals surface area contributed by atoms with Gasteiger partial charge in [-0.25, -0.2) is 9.97 Å². The van der Waals surface area contributed by atoms with Gasteiger partial charge in [-0.2, -0.15) is 0 Å². The van der Waals surface area contributed by atoms with E-state index >= 15 is 0 Å². The molecule has 1 aliphatic heterocycles. The van der Waals surface area contributed by atoms with Crippen LogP contribution in [-0.2, 0) is 0 Å². The fourth-order valence-corrected chi connectivity index (χ4v) is 2.62. The van der Waals surface area contributed by atoms with Gasteiger partial charge in [-0.15, -0.1) is 0 Å². The summed E-state index contributed by atoms with van der Waals surface area (Å²) in [5, 5.41) is 10.4. The number of anilines is 1. The number of halogens is 1. The molecular weight excluding hydrogens is 238 g/mol. The molecule has 5 heteroatoms. The molecule has 0 bridgehead atoms. The third kappa shape index (κ3) is 2.87. The monoisotopic (exact) mass is 255 g/mol. The van der Waals surface area contributed by atoms with Gasteiger partial charge < -0.3 is 10.0 Å². The Balaban J connectivity index is 2.10. The van der Waals surface area contributed by atoms with E-state index in [0.717, 1.165) is 38.2 Å². The summed E-state index contributed by atoms with van der Waals surface area (Å²) in [6, 6.07) is 0. The zero-order valence-corrected chi connectivity index (χ0v) is 10.8. The van der Waals surface area contributed by atoms with E-state index in [-0.39, 0.29) is 6.10 Å². The highest BCUT2D eigenvalue weighted by Crippen LogP contribution is 2.28. The Morgan fingerprint density at radius 1 is 1.47 bits per heavy atom. The van der Waals surface area contributed by atoms with Crippen molar-refractivity contribution in [2.45, 2.75) is 32.3 Å². The van der Waals surface area contributed by atoms with Crippen molar-refractivity contribution in [3.8, 4) is 0 Å². The molecule has 1 fully saturated rings. The minimum absolute atomic E-state index is 0.193. The van der Waals surface area contributed by atoms with Gasteiger partial charge in [0, 0.05) is 31.4 Å². The summed E-state index contributed by atoms with van der Waals surface area (Å²) in [7, 11) is 0. The minimum Gasteiger partial charge on any atom is -0.393 e. The lowest BCUT2D eigenvalue weighted by atomic mass is 9.91. The van der Waals surface area contributed by atoms with Crippen molar-refractivity contribution < 1.29 is 5.11 Å². The van der Waals surface area contributed by atoms with E-state index in [0.29, 0.717) is 11.1 Å². The van der Waals surface area contributed by atoms with Crippen LogP contribution in [0.4, 0.5) is 5.82 Å². The number of rotatable bonds is 3. The van der Waals surface area contributed by atoms with Crippen LogP contribution in [0.3, 0.4) is 0 Å². The summed E-state index contributed by atoms with van der Waals surface area (Å²) in [5.41, 5.74) is 0. The fraction of sp³-hybridized carbons (Fsp3) is 0.667. The molecule has 0 amide bonds. The molecule has 0 aliphatic carbocycles. The van der Waals surface area contributed by atoms with Crippen molar-refractivity contribution in [2.75, 3.05) is 18.0 Å². The SMILES string of the molecule is CCC[C@@H]1CN(c2nccnc2Cl)CC[C@H]1O. The van der Waals surface area contributed by atoms with Gasteiger partial charge in [0.1, 0.15) is 0 Å². The zero-order valence-electron chi connectivity index (χ0n) is 10.0. The Kier molecular flexibility index (Phi) is 4.18. The van der Waals surface area contributed by atoms with Crippen molar-refractivity contribution in [1.82, 2.24) is 9.97 Å². The lowest BCUT2D eigenvalue weighted by Gasteiger charge is -2.36. The standard InChI is InChI=1S/C12H18ClN3O/c1-2-3-9-8-16(7-4-10(9)17)12-11(13)14-5-6-15-12/h5-6,9-10,17H,2-4,7-8H2,1H3/t9-,10-/m1/s1. The van der Waals surface area contributed by atoms with Gasteiger partial charge in [0.05, 0.1) is 6.10 Å². The molecule has 0 aromatic carbocycles. The lowest BCUT2D eigenvalue weighted by Crippen LogP contribution is -2.43. The number of nitrogens with zero attached hydrogens (tertiary/aromatic N) is 3. The molecule has 2 heterocycles. The first kappa shape index (κ1) is 12.6. The Morgan fingerprint density at radius 2 is 2.24 bits per heavy atom. The highest BCUT2D eigenvalue weighted by Gasteiger charge is 2.28. The molecule has 0 unspecified atom stereocenters. The molecule has 1 saturated heterocycles. The molecule has 1 aliphatic rings. The Bertz CT molecular complexity index is 375. The quantitative estimate of drug-likeness (QED) is 0.899. The number of aromatic nitrogens is 2. The molecule has 1 aromatic heterocycles. The van der Waals surface area contributed by atoms with Crippen LogP contribution in [0, 0.1) is 5.92 Å². The van der Waals surface area contributed by atoms with Gasteiger partial charge in [0.15, 0.2) is 11.0 Å². The topological polar surface area (TPSA) is 49.2 Å². The van der Waals surface area contributed by atoms with Crippen molar-refractivity contribution in [2.24, 2.45) is 5.92 Å². The van der Waals surface area contributed by atoms with Crippen LogP contribution >= 0.6 is 11.6 Å². The third-order valence-corrected chi connectivity index (χ3v) is 3.56. The van der Waals surface area contributed by atoms with E-state index in [1.54, 1.807) is 12.4 Å². The largest absolute Gasteiger partial charge is 0.393 e. The first-order chi connectivity index (χ1) is 8.22. The van der Waals surface area contributed by atoms with Gasteiger partial charge in [-0.05, 0) is 12.8 Å². The van der Waals surface area contributed by atoms with E-state index in [1.807, 2.05) is 0 Å². The second kappa shape index (κ2) is 5.65. The van der Waals surface area contributed by atoms with Crippen LogP contribution in [0.2, 0.25) is 5.15 Å². The Hall–Kier alpha value is -0.870. The predicted molar refractivity (Wildman–Crippen MR) is 68.3 cm³/mol. The molecule has 1 aromatic rings. The number of hydrogen-bond donors (Lipinski definition) is 1. The van der Waals surface area contributed by atoms with E-state index in [2.05, 4.69) is 21.8 Å². The highest BCUT2D eigenvalue weighted by molar-refractivity contribution is 6.31. The molecule has 2 atom stereocenters. The molecule has 0 radical (unpaired) electrons. The van der Waals surface area contributed by atoms with Gasteiger partial charge in [0.25, 0.3) is 0 Å². The van der Waals surface area contributed by atoms with Crippen LogP contribution in [0.5, 0.6) is 0 Å². The van der Waals surface area contributed by atoms with Gasteiger partial charge in [-0.3, -0.25) is 0 Å². The van der Waals surface area contributed by atoms with Crippen molar-refractivity contribution in [1.29, 1.82) is 0 Å². The van der Waals surface area contributed by atoms with Gasteiger partial charge in [0.2, 0.25) is 0 Å². The van der Waals surface area contributed by atoms with E-state index in [1.165, 1.54) is 0 Å². The summed E-state index contributed by atoms with van der Waals surface area (Å²) >= 11 is 6.04. The number of hydrogen-bond acceptors (Lipinski definition) is 4. The second-order valence-corrected chi connectivity index (χ2v) is 4.88. The molecule has 17 heavy (non-hydrogen) atoms. The second-order valence-electron chi connectivity index (χ2n) is 4.52. The van der Waals surface area contributed by atoms with Crippen molar-refractivity contribution in [3.05, 3.63) is 17.5 Å². The summed E-state index contributed by atoms with van der Waals surface area (Å²) in [5.74, 6) is 1.05. The predicted octanol–water partition coefficient (Wildman–Crippen LogP) is 2.12. The van der Waals surface area contributed by atoms with E-state index in [9.17, 15) is 5.11 Å². The van der Waals surface area contributed by atoms with E-state index < -0.39 is 0 Å². The maximum atomic E-state index is 9.94. The maximum Gasteiger partial charge on any atom is 0.171 e. The van der Waals surface area contributed by atoms with Crippen LogP contribution in [-0.4, -0.2) is 34.3 Å². The summed E-state index contributed by atoms with van der Waals surface area (Å²) < 4.78 is 0. The molecule has 1 N–H and O–H groups in total. The number of aliphatic hydroxyl groups excluding tert-OH is 1. The molecule has 2 rings (SSSR count). The maximum absolute atomic E-state index is 9.94. The zero-order chi connectivity index (χ0) is 12.3. The Morgan fingerprint density at radius 3 is 2.94 bits per heavy atom. The van der Waals surface area contributed by atoms with Gasteiger partial charge >= 0.3 is 0 Å². The first-order valence-corrected chi connectivity index (χ1v) is 6.49. The normalized spacial score (nSPS) is 25.0. The van der Waals surface area contributed by atoms with Crippen molar-refractivity contribution in [3.63, 3.8) is 0 Å². The first-order valence-electron chi connectivity index (χ1n) is 6.12. The highest BCUT2D eigenvalue weighted by atomic mass is 35.5. The van der Waals surface area contributed by atoms with Crippen LogP contribution < -0.4 is 4.90 Å². The number of piperidine rings is 1. The third-order valence-electron chi connectivity index (χ3n) is 3.29. The summed E-state index contributed by atoms with van der Waals surface area (Å²) in [4.78, 5) is 10.4. The molecule has 4 nitrogen and oxygen atoms in total. The van der Waals surface area contributed by atoms with Crippen molar-refractivity contribution >= 4 is 17.4 Å². The van der Waals surface area contributed by atoms with E-state index in [4.69, 9.17) is 11.6 Å². The Labute approximate surface area is 107 Å². The summed E-state index contributed by atoms with van der Waals surface area (Å²) in [6.07, 6.45) is 5.95. The average molecular weight is 256 g/mol. The smallest absolute Gasteiger partial charge is 0.171 e. The van der Waals surface area contributed by atoms with Crippen LogP contribution in [0.1, 0.15) is 26.2 Å². The van der Waals surface area contributed by atoms with Crippen LogP contribution in [0.15, 0.2) is 12.4 Å². The summed E-state index contributed by atoms with van der Waals surface area (Å²) in [6.45, 7) is 3.74. The number of aliphatic hydroxyl groups is 1. The molecule has 94 valence electrons. The molecule has 0 saturated carbocycles. The van der Waals surface area contributed by atoms with Gasteiger partial charge in [-0.1, -0.05) is 24.9 Å². The van der Waals surface area contributed by atoms with Crippen LogP contribution in [0.25, 0.3) is 0 Å². The molecule has 0 spiro atoms.